The highest BCUT2D eigenvalue weighted by atomic mass is 32.2. The standard InChI is InChI=1S/C25H23FN4O4S/c26-19-4-1-14-2-6-23(32)30-16(9-18(19)24(14)30)11-27-8-7-17-12-29(25(33)34-17)15-3-5-21-20(10-15)28-22(31)13-35-21/h1-6,10,16-17,27H,7-9,11-13H2,(H,28,31)/t16?,17-/m1/s1. The number of carbonyl (C=O) groups excluding carboxylic acids is 2. The number of halogens is 1. The minimum atomic E-state index is -0.412. The fraction of sp³-hybridized carbons (Fsp3) is 0.320. The molecule has 2 aromatic carbocycles. The van der Waals surface area contributed by atoms with Crippen molar-refractivity contribution >= 4 is 46.0 Å². The van der Waals surface area contributed by atoms with Crippen LogP contribution in [0.15, 0.2) is 52.2 Å². The number of hydrogen-bond donors (Lipinski definition) is 2. The minimum absolute atomic E-state index is 0.0563. The molecule has 0 saturated carbocycles. The van der Waals surface area contributed by atoms with Crippen LogP contribution in [0.4, 0.5) is 20.6 Å². The van der Waals surface area contributed by atoms with Gasteiger partial charge in [-0.05, 0) is 61.2 Å². The summed E-state index contributed by atoms with van der Waals surface area (Å²) in [4.78, 5) is 39.2. The van der Waals surface area contributed by atoms with Crippen LogP contribution in [0.3, 0.4) is 0 Å². The lowest BCUT2D eigenvalue weighted by Crippen LogP contribution is -2.32. The van der Waals surface area contributed by atoms with Crippen LogP contribution in [-0.2, 0) is 16.0 Å². The van der Waals surface area contributed by atoms with Crippen LogP contribution < -0.4 is 21.1 Å². The maximum atomic E-state index is 14.4. The van der Waals surface area contributed by atoms with E-state index in [1.165, 1.54) is 23.9 Å². The van der Waals surface area contributed by atoms with Crippen LogP contribution in [0, 0.1) is 5.82 Å². The van der Waals surface area contributed by atoms with Crippen molar-refractivity contribution in [1.82, 2.24) is 9.88 Å². The number of rotatable bonds is 6. The molecule has 2 amide bonds. The number of ether oxygens (including phenoxy) is 1. The van der Waals surface area contributed by atoms with Crippen molar-refractivity contribution in [3.05, 3.63) is 64.2 Å². The molecule has 0 spiro atoms. The van der Waals surface area contributed by atoms with E-state index >= 15 is 0 Å². The second-order valence-corrected chi connectivity index (χ2v) is 10.0. The number of nitrogens with one attached hydrogen (secondary N) is 2. The molecule has 1 fully saturated rings. The molecule has 4 heterocycles. The van der Waals surface area contributed by atoms with E-state index in [4.69, 9.17) is 4.74 Å². The first kappa shape index (κ1) is 22.1. The molecule has 10 heteroatoms. The molecule has 35 heavy (non-hydrogen) atoms. The number of hydrogen-bond acceptors (Lipinski definition) is 6. The largest absolute Gasteiger partial charge is 0.444 e. The molecule has 1 aromatic heterocycles. The molecule has 3 aliphatic heterocycles. The summed E-state index contributed by atoms with van der Waals surface area (Å²) in [5.74, 6) is 0.0515. The molecule has 2 atom stereocenters. The predicted molar refractivity (Wildman–Crippen MR) is 132 cm³/mol. The Balaban J connectivity index is 1.06. The smallest absolute Gasteiger partial charge is 0.414 e. The molecule has 0 bridgehead atoms. The van der Waals surface area contributed by atoms with Gasteiger partial charge in [0.25, 0.3) is 5.56 Å². The van der Waals surface area contributed by atoms with E-state index in [9.17, 15) is 18.8 Å². The number of pyridine rings is 1. The first-order valence-electron chi connectivity index (χ1n) is 11.6. The summed E-state index contributed by atoms with van der Waals surface area (Å²) in [6, 6.07) is 11.8. The minimum Gasteiger partial charge on any atom is -0.444 e. The van der Waals surface area contributed by atoms with Gasteiger partial charge in [-0.15, -0.1) is 11.8 Å². The van der Waals surface area contributed by atoms with Gasteiger partial charge < -0.3 is 19.9 Å². The Morgan fingerprint density at radius 1 is 1.14 bits per heavy atom. The average molecular weight is 495 g/mol. The topological polar surface area (TPSA) is 92.7 Å². The van der Waals surface area contributed by atoms with Gasteiger partial charge in [0, 0.05) is 28.8 Å². The van der Waals surface area contributed by atoms with Crippen molar-refractivity contribution in [2.75, 3.05) is 35.6 Å². The van der Waals surface area contributed by atoms with Crippen molar-refractivity contribution < 1.29 is 18.7 Å². The lowest BCUT2D eigenvalue weighted by molar-refractivity contribution is -0.113. The van der Waals surface area contributed by atoms with Crippen LogP contribution in [0.2, 0.25) is 0 Å². The molecule has 6 rings (SSSR count). The lowest BCUT2D eigenvalue weighted by atomic mass is 10.1. The van der Waals surface area contributed by atoms with Gasteiger partial charge in [0.1, 0.15) is 11.9 Å². The van der Waals surface area contributed by atoms with E-state index in [0.717, 1.165) is 10.3 Å². The van der Waals surface area contributed by atoms with Crippen LogP contribution in [-0.4, -0.2) is 48.1 Å². The molecule has 180 valence electrons. The number of amides is 2. The van der Waals surface area contributed by atoms with Gasteiger partial charge in [-0.2, -0.15) is 0 Å². The average Bonchev–Trinajstić information content (AvgIpc) is 3.42. The first-order valence-corrected chi connectivity index (χ1v) is 12.5. The van der Waals surface area contributed by atoms with Crippen molar-refractivity contribution in [2.45, 2.75) is 29.9 Å². The van der Waals surface area contributed by atoms with E-state index in [2.05, 4.69) is 10.6 Å². The van der Waals surface area contributed by atoms with Crippen LogP contribution in [0.1, 0.15) is 18.0 Å². The summed E-state index contributed by atoms with van der Waals surface area (Å²) in [5.41, 5.74) is 2.54. The second kappa shape index (κ2) is 8.69. The van der Waals surface area contributed by atoms with Crippen LogP contribution >= 0.6 is 11.8 Å². The SMILES string of the molecule is O=C1CSc2ccc(N3C[C@@H](CCNCC4Cc5c(F)ccc6ccc(=O)n4c56)OC3=O)cc2N1. The number of anilines is 2. The Hall–Kier alpha value is -3.37. The van der Waals surface area contributed by atoms with Gasteiger partial charge in [0.05, 0.1) is 29.5 Å². The van der Waals surface area contributed by atoms with E-state index in [-0.39, 0.29) is 29.4 Å². The number of thioether (sulfide) groups is 1. The molecule has 3 aromatic rings. The number of cyclic esters (lactones) is 1. The zero-order chi connectivity index (χ0) is 24.1. The highest BCUT2D eigenvalue weighted by Crippen LogP contribution is 2.36. The predicted octanol–water partition coefficient (Wildman–Crippen LogP) is 3.29. The highest BCUT2D eigenvalue weighted by molar-refractivity contribution is 8.00. The second-order valence-electron chi connectivity index (χ2n) is 8.99. The van der Waals surface area contributed by atoms with Gasteiger partial charge in [0.2, 0.25) is 5.91 Å². The molecule has 3 aliphatic rings. The van der Waals surface area contributed by atoms with Crippen molar-refractivity contribution in [1.29, 1.82) is 0 Å². The number of fused-ring (bicyclic) bond motifs is 1. The Morgan fingerprint density at radius 3 is 2.89 bits per heavy atom. The summed E-state index contributed by atoms with van der Waals surface area (Å²) in [5, 5.41) is 7.06. The van der Waals surface area contributed by atoms with Gasteiger partial charge in [-0.3, -0.25) is 14.5 Å². The monoisotopic (exact) mass is 494 g/mol. The quantitative estimate of drug-likeness (QED) is 0.511. The summed E-state index contributed by atoms with van der Waals surface area (Å²) >= 11 is 1.47. The molecule has 0 aliphatic carbocycles. The Morgan fingerprint density at radius 2 is 2.00 bits per heavy atom. The molecule has 8 nitrogen and oxygen atoms in total. The molecule has 1 saturated heterocycles. The van der Waals surface area contributed by atoms with Crippen molar-refractivity contribution in [2.24, 2.45) is 0 Å². The first-order chi connectivity index (χ1) is 17.0. The van der Waals surface area contributed by atoms with Gasteiger partial charge in [0.15, 0.2) is 0 Å². The number of nitrogens with zero attached hydrogens (tertiary/aromatic N) is 2. The van der Waals surface area contributed by atoms with Crippen LogP contribution in [0.5, 0.6) is 0 Å². The van der Waals surface area contributed by atoms with Crippen molar-refractivity contribution in [3.63, 3.8) is 0 Å². The summed E-state index contributed by atoms with van der Waals surface area (Å²) in [7, 11) is 0. The van der Waals surface area contributed by atoms with E-state index in [0.29, 0.717) is 60.7 Å². The summed E-state index contributed by atoms with van der Waals surface area (Å²) in [6.07, 6.45) is 0.380. The Kier molecular flexibility index (Phi) is 5.49. The Labute approximate surface area is 204 Å². The third kappa shape index (κ3) is 3.96. The van der Waals surface area contributed by atoms with Gasteiger partial charge in [-0.25, -0.2) is 9.18 Å². The van der Waals surface area contributed by atoms with E-state index < -0.39 is 6.09 Å². The molecule has 0 radical (unpaired) electrons. The third-order valence-corrected chi connectivity index (χ3v) is 7.82. The van der Waals surface area contributed by atoms with Crippen LogP contribution in [0.25, 0.3) is 10.9 Å². The number of benzene rings is 2. The zero-order valence-electron chi connectivity index (χ0n) is 18.8. The summed E-state index contributed by atoms with van der Waals surface area (Å²) in [6.45, 7) is 1.52. The number of carbonyl (C=O) groups is 2. The molecular weight excluding hydrogens is 471 g/mol. The van der Waals surface area contributed by atoms with E-state index in [1.807, 2.05) is 12.1 Å². The molecular formula is C25H23FN4O4S. The lowest BCUT2D eigenvalue weighted by Gasteiger charge is -2.20. The maximum Gasteiger partial charge on any atom is 0.414 e. The third-order valence-electron chi connectivity index (χ3n) is 6.75. The Bertz CT molecular complexity index is 1420. The summed E-state index contributed by atoms with van der Waals surface area (Å²) < 4.78 is 21.6. The van der Waals surface area contributed by atoms with Gasteiger partial charge in [-0.1, -0.05) is 0 Å². The fourth-order valence-electron chi connectivity index (χ4n) is 5.10. The zero-order valence-corrected chi connectivity index (χ0v) is 19.6. The van der Waals surface area contributed by atoms with E-state index in [1.54, 1.807) is 27.7 Å². The fourth-order valence-corrected chi connectivity index (χ4v) is 5.89. The molecule has 2 N–H and O–H groups in total. The maximum absolute atomic E-state index is 14.4. The number of aromatic nitrogens is 1. The van der Waals surface area contributed by atoms with Gasteiger partial charge >= 0.3 is 6.09 Å². The normalized spacial score (nSPS) is 20.8. The van der Waals surface area contributed by atoms with Crippen molar-refractivity contribution in [3.8, 4) is 0 Å². The highest BCUT2D eigenvalue weighted by Gasteiger charge is 2.33. The molecule has 1 unspecified atom stereocenters.